The van der Waals surface area contributed by atoms with Crippen molar-refractivity contribution in [2.75, 3.05) is 12.3 Å². The zero-order chi connectivity index (χ0) is 8.55. The average molecular weight is 219 g/mol. The number of hydrogen-bond donors (Lipinski definition) is 2. The third kappa shape index (κ3) is 2.08. The van der Waals surface area contributed by atoms with Crippen molar-refractivity contribution in [3.63, 3.8) is 0 Å². The molecule has 2 rings (SSSR count). The van der Waals surface area contributed by atoms with Crippen LogP contribution in [-0.4, -0.2) is 6.54 Å². The molecule has 1 saturated heterocycles. The number of nitrogens with two attached hydrogens (primary N) is 1. The Morgan fingerprint density at radius 3 is 2.69 bits per heavy atom. The molecule has 2 nitrogen and oxygen atoms in total. The maximum absolute atomic E-state index is 5.86. The minimum Gasteiger partial charge on any atom is -0.398 e. The van der Waals surface area contributed by atoms with Gasteiger partial charge < -0.3 is 11.1 Å². The summed E-state index contributed by atoms with van der Waals surface area (Å²) in [5, 5.41) is 4.05. The first-order valence-electron chi connectivity index (χ1n) is 4.05. The first kappa shape index (κ1) is 10.6. The molecule has 1 heterocycles. The Hall–Kier alpha value is -0.440. The fraction of sp³-hybridized carbons (Fsp3) is 0.333. The first-order chi connectivity index (χ1) is 5.77. The summed E-state index contributed by atoms with van der Waals surface area (Å²) in [4.78, 5) is 0. The van der Waals surface area contributed by atoms with E-state index >= 15 is 0 Å². The van der Waals surface area contributed by atoms with Crippen LogP contribution in [0.2, 0.25) is 5.02 Å². The van der Waals surface area contributed by atoms with Crippen molar-refractivity contribution in [2.24, 2.45) is 0 Å². The molecule has 4 heteroatoms. The van der Waals surface area contributed by atoms with Gasteiger partial charge in [0.2, 0.25) is 0 Å². The number of anilines is 1. The summed E-state index contributed by atoms with van der Waals surface area (Å²) in [6.45, 7) is 1.08. The molecule has 0 bridgehead atoms. The average Bonchev–Trinajstić information content (AvgIpc) is 1.93. The van der Waals surface area contributed by atoms with E-state index in [9.17, 15) is 0 Å². The van der Waals surface area contributed by atoms with E-state index < -0.39 is 0 Å². The number of nitrogen functional groups attached to an aromatic ring is 1. The fourth-order valence-electron chi connectivity index (χ4n) is 1.40. The van der Waals surface area contributed by atoms with Crippen LogP contribution in [0.1, 0.15) is 18.0 Å². The molecule has 0 radical (unpaired) electrons. The van der Waals surface area contributed by atoms with E-state index in [1.54, 1.807) is 0 Å². The highest BCUT2D eigenvalue weighted by Gasteiger charge is 2.20. The van der Waals surface area contributed by atoms with E-state index in [0.717, 1.165) is 29.2 Å². The van der Waals surface area contributed by atoms with Crippen molar-refractivity contribution < 1.29 is 0 Å². The third-order valence-electron chi connectivity index (χ3n) is 2.25. The van der Waals surface area contributed by atoms with Crippen LogP contribution in [0.3, 0.4) is 0 Å². The van der Waals surface area contributed by atoms with Gasteiger partial charge in [0.15, 0.2) is 0 Å². The van der Waals surface area contributed by atoms with E-state index in [4.69, 9.17) is 17.3 Å². The highest BCUT2D eigenvalue weighted by atomic mass is 35.5. The van der Waals surface area contributed by atoms with Gasteiger partial charge in [-0.2, -0.15) is 0 Å². The number of rotatable bonds is 1. The van der Waals surface area contributed by atoms with Crippen molar-refractivity contribution >= 4 is 29.7 Å². The van der Waals surface area contributed by atoms with Crippen LogP contribution in [0.4, 0.5) is 5.69 Å². The number of nitrogens with one attached hydrogen (secondary N) is 1. The van der Waals surface area contributed by atoms with Gasteiger partial charge in [-0.1, -0.05) is 11.6 Å². The van der Waals surface area contributed by atoms with Crippen molar-refractivity contribution in [2.45, 2.75) is 12.5 Å². The number of benzene rings is 1. The van der Waals surface area contributed by atoms with Gasteiger partial charge in [0, 0.05) is 16.8 Å². The molecule has 3 N–H and O–H groups in total. The molecule has 72 valence electrons. The fourth-order valence-corrected chi connectivity index (χ4v) is 1.58. The molecule has 0 amide bonds. The minimum atomic E-state index is 0. The zero-order valence-electron chi connectivity index (χ0n) is 7.09. The molecule has 1 aromatic carbocycles. The first-order valence-corrected chi connectivity index (χ1v) is 4.43. The van der Waals surface area contributed by atoms with Crippen molar-refractivity contribution in [3.8, 4) is 0 Å². The van der Waals surface area contributed by atoms with Gasteiger partial charge in [0.25, 0.3) is 0 Å². The Morgan fingerprint density at radius 1 is 1.46 bits per heavy atom. The molecule has 0 unspecified atom stereocenters. The Balaban J connectivity index is 0.000000845. The summed E-state index contributed by atoms with van der Waals surface area (Å²) in [5.74, 6) is 0. The normalized spacial score (nSPS) is 20.2. The summed E-state index contributed by atoms with van der Waals surface area (Å²) in [6, 6.07) is 6.04. The summed E-state index contributed by atoms with van der Waals surface area (Å²) >= 11 is 5.86. The van der Waals surface area contributed by atoms with E-state index in [0.29, 0.717) is 6.04 Å². The molecule has 13 heavy (non-hydrogen) atoms. The molecule has 1 aliphatic heterocycles. The van der Waals surface area contributed by atoms with Crippen molar-refractivity contribution in [1.82, 2.24) is 5.32 Å². The zero-order valence-corrected chi connectivity index (χ0v) is 8.66. The topological polar surface area (TPSA) is 38.0 Å². The van der Waals surface area contributed by atoms with Crippen molar-refractivity contribution in [3.05, 3.63) is 28.8 Å². The molecule has 0 spiro atoms. The van der Waals surface area contributed by atoms with Crippen LogP contribution < -0.4 is 11.1 Å². The molecule has 1 atom stereocenters. The molecule has 0 saturated carbocycles. The lowest BCUT2D eigenvalue weighted by molar-refractivity contribution is 0.384. The third-order valence-corrected chi connectivity index (χ3v) is 2.48. The lowest BCUT2D eigenvalue weighted by Crippen LogP contribution is -2.35. The van der Waals surface area contributed by atoms with Gasteiger partial charge in [-0.15, -0.1) is 12.4 Å². The maximum Gasteiger partial charge on any atom is 0.0410 e. The van der Waals surface area contributed by atoms with Gasteiger partial charge in [0.05, 0.1) is 0 Å². The van der Waals surface area contributed by atoms with Crippen LogP contribution in [0, 0.1) is 0 Å². The summed E-state index contributed by atoms with van der Waals surface area (Å²) in [5.41, 5.74) is 7.76. The second-order valence-corrected chi connectivity index (χ2v) is 3.51. The predicted octanol–water partition coefficient (Wildman–Crippen LogP) is 2.38. The van der Waals surface area contributed by atoms with E-state index in [1.165, 1.54) is 0 Å². The monoisotopic (exact) mass is 218 g/mol. The summed E-state index contributed by atoms with van der Waals surface area (Å²) < 4.78 is 0. The molecule has 1 fully saturated rings. The molecule has 0 aliphatic carbocycles. The van der Waals surface area contributed by atoms with Crippen LogP contribution >= 0.6 is 24.0 Å². The SMILES string of the molecule is Cl.Nc1ccc(Cl)cc1[C@@H]1CCN1. The molecule has 1 aromatic rings. The second kappa shape index (κ2) is 4.18. The lowest BCUT2D eigenvalue weighted by atomic mass is 9.97. The van der Waals surface area contributed by atoms with Crippen LogP contribution in [0.5, 0.6) is 0 Å². The Labute approximate surface area is 88.9 Å². The van der Waals surface area contributed by atoms with Crippen molar-refractivity contribution in [1.29, 1.82) is 0 Å². The van der Waals surface area contributed by atoms with Gasteiger partial charge >= 0.3 is 0 Å². The highest BCUT2D eigenvalue weighted by Crippen LogP contribution is 2.29. The lowest BCUT2D eigenvalue weighted by Gasteiger charge is -2.29. The van der Waals surface area contributed by atoms with Gasteiger partial charge in [-0.3, -0.25) is 0 Å². The smallest absolute Gasteiger partial charge is 0.0410 e. The molecular formula is C9H12Cl2N2. The van der Waals surface area contributed by atoms with E-state index in [2.05, 4.69) is 5.32 Å². The van der Waals surface area contributed by atoms with Crippen LogP contribution in [-0.2, 0) is 0 Å². The highest BCUT2D eigenvalue weighted by molar-refractivity contribution is 6.30. The summed E-state index contributed by atoms with van der Waals surface area (Å²) in [6.07, 6.45) is 1.16. The van der Waals surface area contributed by atoms with Gasteiger partial charge in [-0.05, 0) is 36.7 Å². The number of hydrogen-bond acceptors (Lipinski definition) is 2. The van der Waals surface area contributed by atoms with Crippen LogP contribution in [0.15, 0.2) is 18.2 Å². The van der Waals surface area contributed by atoms with Gasteiger partial charge in [0.1, 0.15) is 0 Å². The summed E-state index contributed by atoms with van der Waals surface area (Å²) in [7, 11) is 0. The largest absolute Gasteiger partial charge is 0.398 e. The quantitative estimate of drug-likeness (QED) is 0.711. The van der Waals surface area contributed by atoms with Crippen LogP contribution in [0.25, 0.3) is 0 Å². The van der Waals surface area contributed by atoms with E-state index in [-0.39, 0.29) is 12.4 Å². The Bertz CT molecular complexity index is 298. The van der Waals surface area contributed by atoms with Gasteiger partial charge in [-0.25, -0.2) is 0 Å². The minimum absolute atomic E-state index is 0. The number of halogens is 2. The predicted molar refractivity (Wildman–Crippen MR) is 58.5 cm³/mol. The standard InChI is InChI=1S/C9H11ClN2.ClH/c10-6-1-2-8(11)7(5-6)9-3-4-12-9;/h1-2,5,9,12H,3-4,11H2;1H/t9-;/m0./s1. The Morgan fingerprint density at radius 2 is 2.15 bits per heavy atom. The molecule has 1 aliphatic rings. The maximum atomic E-state index is 5.86. The second-order valence-electron chi connectivity index (χ2n) is 3.07. The molecule has 0 aromatic heterocycles. The van der Waals surface area contributed by atoms with E-state index in [1.807, 2.05) is 18.2 Å². The molecular weight excluding hydrogens is 207 g/mol. The Kier molecular flexibility index (Phi) is 3.42.